The number of hydrogen-bond acceptors (Lipinski definition) is 3. The van der Waals surface area contributed by atoms with Crippen LogP contribution in [0.3, 0.4) is 0 Å². The summed E-state index contributed by atoms with van der Waals surface area (Å²) < 4.78 is 0. The van der Waals surface area contributed by atoms with Crippen LogP contribution in [0, 0.1) is 0 Å². The molecule has 1 saturated heterocycles. The Hall–Kier alpha value is -1.29. The molecule has 1 atom stereocenters. The van der Waals surface area contributed by atoms with Gasteiger partial charge in [0, 0.05) is 30.4 Å². The lowest BCUT2D eigenvalue weighted by Gasteiger charge is -2.23. The van der Waals surface area contributed by atoms with Crippen molar-refractivity contribution in [2.45, 2.75) is 12.5 Å². The van der Waals surface area contributed by atoms with Crippen LogP contribution >= 0.6 is 0 Å². The summed E-state index contributed by atoms with van der Waals surface area (Å²) in [6, 6.07) is 8.41. The molecule has 0 bridgehead atoms. The van der Waals surface area contributed by atoms with Crippen molar-refractivity contribution < 1.29 is 4.79 Å². The minimum absolute atomic E-state index is 0.597. The molecule has 0 amide bonds. The van der Waals surface area contributed by atoms with Crippen molar-refractivity contribution in [1.29, 1.82) is 0 Å². The summed E-state index contributed by atoms with van der Waals surface area (Å²) in [5, 5.41) is 0. The van der Waals surface area contributed by atoms with Gasteiger partial charge in [0.2, 0.25) is 0 Å². The van der Waals surface area contributed by atoms with Gasteiger partial charge in [-0.15, -0.1) is 0 Å². The summed E-state index contributed by atoms with van der Waals surface area (Å²) in [6.07, 6.45) is 2.11. The highest BCUT2D eigenvalue weighted by Gasteiger charge is 2.24. The second-order valence-corrected chi connectivity index (χ2v) is 4.53. The number of carbonyl (C=O) groups excluding carboxylic acids is 1. The van der Waals surface area contributed by atoms with E-state index in [-0.39, 0.29) is 0 Å². The maximum absolute atomic E-state index is 11.0. The summed E-state index contributed by atoms with van der Waals surface area (Å²) >= 11 is 0. The average molecular weight is 216 g/mol. The van der Waals surface area contributed by atoms with Crippen molar-refractivity contribution in [3.05, 3.63) is 29.8 Å². The summed E-state index contributed by atoms with van der Waals surface area (Å²) in [5.41, 5.74) is 1.86. The molecule has 0 radical (unpaired) electrons. The van der Waals surface area contributed by atoms with E-state index in [1.165, 1.54) is 6.42 Å². The average Bonchev–Trinajstić information content (AvgIpc) is 2.78. The predicted octanol–water partition coefficient (Wildman–Crippen LogP) is 0.558. The molecule has 1 unspecified atom stereocenters. The molecule has 1 aromatic carbocycles. The zero-order valence-electron chi connectivity index (χ0n) is 9.89. The Balaban J connectivity index is 2.17. The summed E-state index contributed by atoms with van der Waals surface area (Å²) in [5.74, 6) is 0. The second kappa shape index (κ2) is 4.70. The summed E-state index contributed by atoms with van der Waals surface area (Å²) in [7, 11) is 4.22. The van der Waals surface area contributed by atoms with Gasteiger partial charge in [-0.25, -0.2) is 0 Å². The van der Waals surface area contributed by atoms with Gasteiger partial charge in [-0.2, -0.15) is 0 Å². The van der Waals surface area contributed by atoms with E-state index in [2.05, 4.69) is 24.7 Å². The number of carbonyl (C=O) groups is 1. The van der Waals surface area contributed by atoms with Crippen molar-refractivity contribution in [2.75, 3.05) is 25.0 Å². The van der Waals surface area contributed by atoms with E-state index in [1.54, 1.807) is 0 Å². The lowest BCUT2D eigenvalue weighted by Crippen LogP contribution is -2.32. The Morgan fingerprint density at radius 3 is 2.88 bits per heavy atom. The maximum Gasteiger partial charge on any atom is 0.185 e. The van der Waals surface area contributed by atoms with Crippen LogP contribution in [-0.4, -0.2) is 45.3 Å². The zero-order valence-corrected chi connectivity index (χ0v) is 9.89. The molecule has 4 heteroatoms. The van der Waals surface area contributed by atoms with E-state index >= 15 is 0 Å². The first-order valence-electron chi connectivity index (χ1n) is 5.68. The van der Waals surface area contributed by atoms with E-state index in [9.17, 15) is 4.79 Å². The molecule has 1 heterocycles. The van der Waals surface area contributed by atoms with Crippen molar-refractivity contribution in [2.24, 2.45) is 0 Å². The van der Waals surface area contributed by atoms with Crippen LogP contribution in [0.4, 0.5) is 5.69 Å². The van der Waals surface area contributed by atoms with Crippen LogP contribution in [-0.2, 0) is 0 Å². The second-order valence-electron chi connectivity index (χ2n) is 4.53. The lowest BCUT2D eigenvalue weighted by molar-refractivity contribution is 0.112. The molecule has 3 nitrogen and oxygen atoms in total. The standard InChI is InChI=1S/C12H17BN2O/c1-14(13)11-6-7-15(8-11)12-5-3-2-4-10(12)9-16/h2-5,9,11H,6-8,13H2,1H3. The molecule has 0 spiro atoms. The fourth-order valence-corrected chi connectivity index (χ4v) is 2.26. The topological polar surface area (TPSA) is 23.6 Å². The molecule has 1 aliphatic heterocycles. The number of hydrogen-bond donors (Lipinski definition) is 0. The van der Waals surface area contributed by atoms with Crippen molar-refractivity contribution in [3.8, 4) is 0 Å². The van der Waals surface area contributed by atoms with Crippen LogP contribution in [0.25, 0.3) is 0 Å². The zero-order chi connectivity index (χ0) is 11.5. The van der Waals surface area contributed by atoms with E-state index in [1.807, 2.05) is 24.3 Å². The molecule has 2 rings (SSSR count). The molecule has 84 valence electrons. The SMILES string of the molecule is BN(C)C1CCN(c2ccccc2C=O)C1. The van der Waals surface area contributed by atoms with E-state index in [0.29, 0.717) is 6.04 Å². The van der Waals surface area contributed by atoms with Crippen molar-refractivity contribution >= 4 is 20.0 Å². The quantitative estimate of drug-likeness (QED) is 0.544. The molecule has 1 aliphatic rings. The predicted molar refractivity (Wildman–Crippen MR) is 68.8 cm³/mol. The smallest absolute Gasteiger partial charge is 0.185 e. The van der Waals surface area contributed by atoms with E-state index < -0.39 is 0 Å². The van der Waals surface area contributed by atoms with Gasteiger partial charge in [-0.1, -0.05) is 12.1 Å². The lowest BCUT2D eigenvalue weighted by atomic mass is 10.1. The molecule has 1 aromatic rings. The Bertz CT molecular complexity index is 381. The normalized spacial score (nSPS) is 20.4. The third kappa shape index (κ3) is 2.12. The molecule has 0 aliphatic carbocycles. The van der Waals surface area contributed by atoms with Crippen LogP contribution in [0.1, 0.15) is 16.8 Å². The number of anilines is 1. The number of para-hydroxylation sites is 1. The van der Waals surface area contributed by atoms with Crippen molar-refractivity contribution in [3.63, 3.8) is 0 Å². The van der Waals surface area contributed by atoms with Crippen LogP contribution < -0.4 is 4.90 Å². The first kappa shape index (κ1) is 11.2. The minimum Gasteiger partial charge on any atom is -0.369 e. The maximum atomic E-state index is 11.0. The van der Waals surface area contributed by atoms with Gasteiger partial charge in [-0.3, -0.25) is 4.79 Å². The number of benzene rings is 1. The highest BCUT2D eigenvalue weighted by molar-refractivity contribution is 6.04. The van der Waals surface area contributed by atoms with Crippen molar-refractivity contribution in [1.82, 2.24) is 4.81 Å². The van der Waals surface area contributed by atoms with E-state index in [0.717, 1.165) is 30.6 Å². The number of aldehydes is 1. The Morgan fingerprint density at radius 2 is 2.25 bits per heavy atom. The number of likely N-dealkylation sites (N-methyl/N-ethyl adjacent to an activating group) is 1. The van der Waals surface area contributed by atoms with Gasteiger partial charge in [0.15, 0.2) is 14.3 Å². The number of nitrogens with zero attached hydrogens (tertiary/aromatic N) is 2. The van der Waals surface area contributed by atoms with Gasteiger partial charge in [0.05, 0.1) is 0 Å². The third-order valence-electron chi connectivity index (χ3n) is 3.30. The van der Waals surface area contributed by atoms with Gasteiger partial charge < -0.3 is 9.71 Å². The van der Waals surface area contributed by atoms with Gasteiger partial charge in [0.25, 0.3) is 0 Å². The first-order chi connectivity index (χ1) is 7.72. The molecular weight excluding hydrogens is 199 g/mol. The van der Waals surface area contributed by atoms with Gasteiger partial charge in [0.1, 0.15) is 0 Å². The van der Waals surface area contributed by atoms with Crippen LogP contribution in [0.5, 0.6) is 0 Å². The highest BCUT2D eigenvalue weighted by Crippen LogP contribution is 2.24. The molecule has 0 N–H and O–H groups in total. The van der Waals surface area contributed by atoms with E-state index in [4.69, 9.17) is 0 Å². The minimum atomic E-state index is 0.597. The molecule has 1 fully saturated rings. The third-order valence-corrected chi connectivity index (χ3v) is 3.30. The van der Waals surface area contributed by atoms with Crippen LogP contribution in [0.2, 0.25) is 0 Å². The largest absolute Gasteiger partial charge is 0.369 e. The van der Waals surface area contributed by atoms with Gasteiger partial charge in [-0.05, 0) is 25.6 Å². The first-order valence-corrected chi connectivity index (χ1v) is 5.68. The summed E-state index contributed by atoms with van der Waals surface area (Å²) in [6.45, 7) is 2.05. The number of rotatable bonds is 3. The Labute approximate surface area is 97.5 Å². The molecule has 0 saturated carbocycles. The monoisotopic (exact) mass is 216 g/mol. The fourth-order valence-electron chi connectivity index (χ4n) is 2.26. The highest BCUT2D eigenvalue weighted by atomic mass is 16.1. The molecule has 0 aromatic heterocycles. The molecular formula is C12H17BN2O. The fraction of sp³-hybridized carbons (Fsp3) is 0.417. The Kier molecular flexibility index (Phi) is 3.29. The Morgan fingerprint density at radius 1 is 1.50 bits per heavy atom. The van der Waals surface area contributed by atoms with Crippen LogP contribution in [0.15, 0.2) is 24.3 Å². The molecule has 16 heavy (non-hydrogen) atoms. The van der Waals surface area contributed by atoms with Gasteiger partial charge >= 0.3 is 0 Å². The summed E-state index contributed by atoms with van der Waals surface area (Å²) in [4.78, 5) is 15.5.